The third kappa shape index (κ3) is 3.61. The summed E-state index contributed by atoms with van der Waals surface area (Å²) in [5.41, 5.74) is 6.81. The molecule has 0 bridgehead atoms. The number of piperazine rings is 1. The second-order valence-electron chi connectivity index (χ2n) is 4.56. The first-order valence-electron chi connectivity index (χ1n) is 6.31. The van der Waals surface area contributed by atoms with Gasteiger partial charge in [-0.25, -0.2) is 0 Å². The van der Waals surface area contributed by atoms with E-state index in [-0.39, 0.29) is 24.9 Å². The van der Waals surface area contributed by atoms with E-state index in [4.69, 9.17) is 10.5 Å². The Labute approximate surface area is 117 Å². The molecule has 20 heavy (non-hydrogen) atoms. The molecule has 4 N–H and O–H groups in total. The molecule has 1 fully saturated rings. The second kappa shape index (κ2) is 6.25. The van der Waals surface area contributed by atoms with Crippen molar-refractivity contribution in [3.63, 3.8) is 0 Å². The topological polar surface area (TPSA) is 96.7 Å². The van der Waals surface area contributed by atoms with Crippen LogP contribution in [0.15, 0.2) is 18.2 Å². The Morgan fingerprint density at radius 3 is 3.00 bits per heavy atom. The Morgan fingerprint density at radius 1 is 1.55 bits per heavy atom. The van der Waals surface area contributed by atoms with Crippen LogP contribution in [0.4, 0.5) is 11.4 Å². The predicted octanol–water partition coefficient (Wildman–Crippen LogP) is -0.352. The van der Waals surface area contributed by atoms with E-state index in [1.165, 1.54) is 0 Å². The number of carbonyl (C=O) groups excluding carboxylic acids is 2. The van der Waals surface area contributed by atoms with Crippen molar-refractivity contribution in [3.8, 4) is 5.75 Å². The van der Waals surface area contributed by atoms with Gasteiger partial charge in [0.25, 0.3) is 0 Å². The number of anilines is 2. The Hall–Kier alpha value is -2.28. The van der Waals surface area contributed by atoms with Crippen LogP contribution < -0.4 is 21.1 Å². The standard InChI is InChI=1S/C13H18N4O3/c1-20-9-2-3-11(10(14)6-9)16-13(19)8-17-5-4-15-12(18)7-17/h2-3,6H,4-5,7-8,14H2,1H3,(H,15,18)(H,16,19). The summed E-state index contributed by atoms with van der Waals surface area (Å²) in [7, 11) is 1.55. The molecular weight excluding hydrogens is 260 g/mol. The highest BCUT2D eigenvalue weighted by Crippen LogP contribution is 2.23. The number of benzene rings is 1. The quantitative estimate of drug-likeness (QED) is 0.654. The average Bonchev–Trinajstić information content (AvgIpc) is 2.41. The highest BCUT2D eigenvalue weighted by atomic mass is 16.5. The van der Waals surface area contributed by atoms with Gasteiger partial charge in [0, 0.05) is 19.2 Å². The van der Waals surface area contributed by atoms with E-state index in [0.717, 1.165) is 0 Å². The fraction of sp³-hybridized carbons (Fsp3) is 0.385. The van der Waals surface area contributed by atoms with Crippen molar-refractivity contribution >= 4 is 23.2 Å². The molecule has 2 amide bonds. The molecule has 0 atom stereocenters. The van der Waals surface area contributed by atoms with Gasteiger partial charge in [0.05, 0.1) is 31.6 Å². The van der Waals surface area contributed by atoms with E-state index in [2.05, 4.69) is 10.6 Å². The molecule has 1 aromatic carbocycles. The summed E-state index contributed by atoms with van der Waals surface area (Å²) in [5, 5.41) is 5.44. The molecule has 0 unspecified atom stereocenters. The largest absolute Gasteiger partial charge is 0.497 e. The first kappa shape index (κ1) is 14.1. The number of hydrogen-bond acceptors (Lipinski definition) is 5. The SMILES string of the molecule is COc1ccc(NC(=O)CN2CCNC(=O)C2)c(N)c1. The second-order valence-corrected chi connectivity index (χ2v) is 4.56. The average molecular weight is 278 g/mol. The minimum absolute atomic E-state index is 0.0620. The smallest absolute Gasteiger partial charge is 0.238 e. The number of carbonyl (C=O) groups is 2. The van der Waals surface area contributed by atoms with Crippen LogP contribution in [0, 0.1) is 0 Å². The van der Waals surface area contributed by atoms with Gasteiger partial charge in [-0.2, -0.15) is 0 Å². The van der Waals surface area contributed by atoms with Crippen molar-refractivity contribution in [3.05, 3.63) is 18.2 Å². The highest BCUT2D eigenvalue weighted by molar-refractivity contribution is 5.95. The molecule has 0 spiro atoms. The summed E-state index contributed by atoms with van der Waals surface area (Å²) >= 11 is 0. The van der Waals surface area contributed by atoms with Crippen molar-refractivity contribution in [2.45, 2.75) is 0 Å². The van der Waals surface area contributed by atoms with Gasteiger partial charge < -0.3 is 21.1 Å². The van der Waals surface area contributed by atoms with E-state index in [9.17, 15) is 9.59 Å². The molecule has 108 valence electrons. The molecule has 2 rings (SSSR count). The number of nitrogens with zero attached hydrogens (tertiary/aromatic N) is 1. The zero-order chi connectivity index (χ0) is 14.5. The predicted molar refractivity (Wildman–Crippen MR) is 75.5 cm³/mol. The molecule has 1 aromatic rings. The van der Waals surface area contributed by atoms with Crippen LogP contribution in [0.2, 0.25) is 0 Å². The van der Waals surface area contributed by atoms with Crippen molar-refractivity contribution in [2.24, 2.45) is 0 Å². The maximum Gasteiger partial charge on any atom is 0.238 e. The van der Waals surface area contributed by atoms with Gasteiger partial charge in [0.1, 0.15) is 5.75 Å². The van der Waals surface area contributed by atoms with Crippen molar-refractivity contribution in [2.75, 3.05) is 44.3 Å². The van der Waals surface area contributed by atoms with Crippen molar-refractivity contribution in [1.29, 1.82) is 0 Å². The number of rotatable bonds is 4. The van der Waals surface area contributed by atoms with Gasteiger partial charge >= 0.3 is 0 Å². The summed E-state index contributed by atoms with van der Waals surface area (Å²) in [5.74, 6) is 0.373. The van der Waals surface area contributed by atoms with Crippen molar-refractivity contribution in [1.82, 2.24) is 10.2 Å². The van der Waals surface area contributed by atoms with Gasteiger partial charge in [-0.1, -0.05) is 0 Å². The molecule has 7 heteroatoms. The lowest BCUT2D eigenvalue weighted by Gasteiger charge is -2.25. The number of nitrogens with two attached hydrogens (primary N) is 1. The van der Waals surface area contributed by atoms with Crippen LogP contribution in [0.1, 0.15) is 0 Å². The molecule has 1 aliphatic heterocycles. The van der Waals surface area contributed by atoms with E-state index >= 15 is 0 Å². The molecule has 1 aliphatic rings. The van der Waals surface area contributed by atoms with Crippen LogP contribution in [-0.2, 0) is 9.59 Å². The monoisotopic (exact) mass is 278 g/mol. The van der Waals surface area contributed by atoms with E-state index in [1.807, 2.05) is 0 Å². The lowest BCUT2D eigenvalue weighted by atomic mass is 10.2. The maximum atomic E-state index is 11.9. The molecule has 0 saturated carbocycles. The summed E-state index contributed by atoms with van der Waals surface area (Å²) in [4.78, 5) is 24.9. The highest BCUT2D eigenvalue weighted by Gasteiger charge is 2.18. The Morgan fingerprint density at radius 2 is 2.35 bits per heavy atom. The number of nitrogens with one attached hydrogen (secondary N) is 2. The third-order valence-corrected chi connectivity index (χ3v) is 3.02. The van der Waals surface area contributed by atoms with Crippen molar-refractivity contribution < 1.29 is 14.3 Å². The molecule has 0 radical (unpaired) electrons. The van der Waals surface area contributed by atoms with Gasteiger partial charge in [0.15, 0.2) is 0 Å². The summed E-state index contributed by atoms with van der Waals surface area (Å²) in [6.45, 7) is 1.64. The fourth-order valence-corrected chi connectivity index (χ4v) is 2.00. The number of hydrogen-bond donors (Lipinski definition) is 3. The van der Waals surface area contributed by atoms with E-state index in [1.54, 1.807) is 30.2 Å². The molecule has 0 aromatic heterocycles. The van der Waals surface area contributed by atoms with E-state index in [0.29, 0.717) is 30.2 Å². The van der Waals surface area contributed by atoms with Crippen LogP contribution in [0.25, 0.3) is 0 Å². The lowest BCUT2D eigenvalue weighted by Crippen LogP contribution is -2.49. The van der Waals surface area contributed by atoms with Gasteiger partial charge in [0.2, 0.25) is 11.8 Å². The minimum Gasteiger partial charge on any atom is -0.497 e. The summed E-state index contributed by atoms with van der Waals surface area (Å²) in [6.07, 6.45) is 0. The van der Waals surface area contributed by atoms with Gasteiger partial charge in [-0.15, -0.1) is 0 Å². The Balaban J connectivity index is 1.92. The van der Waals surface area contributed by atoms with Gasteiger partial charge in [-0.05, 0) is 12.1 Å². The number of methoxy groups -OCH3 is 1. The molecule has 1 heterocycles. The lowest BCUT2D eigenvalue weighted by molar-refractivity contribution is -0.125. The molecule has 1 saturated heterocycles. The molecular formula is C13H18N4O3. The zero-order valence-corrected chi connectivity index (χ0v) is 11.3. The maximum absolute atomic E-state index is 11.9. The number of ether oxygens (including phenoxy) is 1. The first-order valence-corrected chi connectivity index (χ1v) is 6.31. The Bertz CT molecular complexity index is 518. The van der Waals surface area contributed by atoms with Crippen LogP contribution in [-0.4, -0.2) is 50.0 Å². The van der Waals surface area contributed by atoms with Crippen LogP contribution in [0.5, 0.6) is 5.75 Å². The molecule has 7 nitrogen and oxygen atoms in total. The minimum atomic E-state index is -0.198. The third-order valence-electron chi connectivity index (χ3n) is 3.02. The van der Waals surface area contributed by atoms with Crippen LogP contribution >= 0.6 is 0 Å². The zero-order valence-electron chi connectivity index (χ0n) is 11.3. The van der Waals surface area contributed by atoms with E-state index < -0.39 is 0 Å². The molecule has 0 aliphatic carbocycles. The van der Waals surface area contributed by atoms with Crippen LogP contribution in [0.3, 0.4) is 0 Å². The summed E-state index contributed by atoms with van der Waals surface area (Å²) in [6, 6.07) is 5.05. The first-order chi connectivity index (χ1) is 9.58. The fourth-order valence-electron chi connectivity index (χ4n) is 2.00. The van der Waals surface area contributed by atoms with Gasteiger partial charge in [-0.3, -0.25) is 14.5 Å². The number of nitrogen functional groups attached to an aromatic ring is 1. The summed E-state index contributed by atoms with van der Waals surface area (Å²) < 4.78 is 5.04. The Kier molecular flexibility index (Phi) is 4.41. The normalized spacial score (nSPS) is 15.6. The number of amides is 2.